The summed E-state index contributed by atoms with van der Waals surface area (Å²) in [5.74, 6) is -2.21. The maximum absolute atomic E-state index is 13.9. The van der Waals surface area contributed by atoms with Gasteiger partial charge in [0.1, 0.15) is 11.6 Å². The smallest absolute Gasteiger partial charge is 0.328 e. The molecule has 4 rings (SSSR count). The Bertz CT molecular complexity index is 1520. The quantitative estimate of drug-likeness (QED) is 0.172. The van der Waals surface area contributed by atoms with Crippen LogP contribution in [0, 0.1) is 5.92 Å². The highest BCUT2D eigenvalue weighted by Gasteiger charge is 2.54. The molecule has 0 aromatic heterocycles. The van der Waals surface area contributed by atoms with Gasteiger partial charge in [-0.25, -0.2) is 9.69 Å². The summed E-state index contributed by atoms with van der Waals surface area (Å²) in [6.07, 6.45) is 3.87. The number of nitrogens with zero attached hydrogens (tertiary/aromatic N) is 2. The molecule has 3 aromatic rings. The topological polar surface area (TPSA) is 107 Å². The first kappa shape index (κ1) is 32.5. The molecule has 1 aliphatic rings. The van der Waals surface area contributed by atoms with Crippen LogP contribution in [0.4, 0.5) is 4.79 Å². The van der Waals surface area contributed by atoms with Crippen molar-refractivity contribution >= 4 is 47.6 Å². The highest BCUT2D eigenvalue weighted by molar-refractivity contribution is 6.30. The standard InChI is InChI=1S/C35H38ClN3O5/c1-23(2)20-30(32(42)37-29(21-31(40)41)27-16-18-28(36)19-17-27)39-33(43)35(3,4)38(34(39)44)22-26-14-12-25(13-15-26)11-10-24-8-6-5-7-9-24/h5-19,23,29-30H,20-22H2,1-4H3,(H,37,42)(H,40,41). The van der Waals surface area contributed by atoms with Gasteiger partial charge in [0.05, 0.1) is 12.5 Å². The number of nitrogens with one attached hydrogen (secondary N) is 1. The van der Waals surface area contributed by atoms with E-state index in [-0.39, 0.29) is 25.3 Å². The first-order valence-corrected chi connectivity index (χ1v) is 15.0. The van der Waals surface area contributed by atoms with Crippen LogP contribution in [0.2, 0.25) is 5.02 Å². The average molecular weight is 616 g/mol. The van der Waals surface area contributed by atoms with Gasteiger partial charge in [0.2, 0.25) is 5.91 Å². The number of benzene rings is 3. The lowest BCUT2D eigenvalue weighted by molar-refractivity contribution is -0.140. The molecule has 4 amide bonds. The normalized spacial score (nSPS) is 16.0. The molecule has 8 nitrogen and oxygen atoms in total. The van der Waals surface area contributed by atoms with Crippen molar-refractivity contribution in [2.45, 2.75) is 64.7 Å². The van der Waals surface area contributed by atoms with E-state index in [9.17, 15) is 24.3 Å². The summed E-state index contributed by atoms with van der Waals surface area (Å²) < 4.78 is 0. The summed E-state index contributed by atoms with van der Waals surface area (Å²) in [5, 5.41) is 12.8. The van der Waals surface area contributed by atoms with Crippen molar-refractivity contribution in [1.29, 1.82) is 0 Å². The zero-order chi connectivity index (χ0) is 32.0. The molecular formula is C35H38ClN3O5. The third kappa shape index (κ3) is 7.74. The number of amides is 4. The molecule has 44 heavy (non-hydrogen) atoms. The maximum Gasteiger partial charge on any atom is 0.328 e. The van der Waals surface area contributed by atoms with E-state index in [2.05, 4.69) is 5.32 Å². The van der Waals surface area contributed by atoms with Crippen LogP contribution in [-0.2, 0) is 20.9 Å². The lowest BCUT2D eigenvalue weighted by atomic mass is 9.98. The predicted molar refractivity (Wildman–Crippen MR) is 172 cm³/mol. The van der Waals surface area contributed by atoms with Crippen molar-refractivity contribution < 1.29 is 24.3 Å². The number of carbonyl (C=O) groups excluding carboxylic acids is 3. The molecule has 1 fully saturated rings. The van der Waals surface area contributed by atoms with Gasteiger partial charge in [-0.1, -0.05) is 104 Å². The van der Waals surface area contributed by atoms with Gasteiger partial charge in [-0.3, -0.25) is 14.4 Å². The van der Waals surface area contributed by atoms with Crippen molar-refractivity contribution in [2.75, 3.05) is 0 Å². The second kappa shape index (κ2) is 13.9. The van der Waals surface area contributed by atoms with Crippen molar-refractivity contribution in [3.05, 3.63) is 106 Å². The lowest BCUT2D eigenvalue weighted by Crippen LogP contribution is -2.52. The number of aliphatic carboxylic acids is 1. The van der Waals surface area contributed by atoms with Crippen molar-refractivity contribution in [1.82, 2.24) is 15.1 Å². The molecule has 3 aromatic carbocycles. The summed E-state index contributed by atoms with van der Waals surface area (Å²) in [6, 6.07) is 21.7. The van der Waals surface area contributed by atoms with E-state index in [0.717, 1.165) is 21.6 Å². The zero-order valence-electron chi connectivity index (χ0n) is 25.4. The fourth-order valence-corrected chi connectivity index (χ4v) is 5.37. The minimum absolute atomic E-state index is 0.0338. The van der Waals surface area contributed by atoms with Gasteiger partial charge in [0.15, 0.2) is 0 Å². The molecule has 1 aliphatic heterocycles. The number of halogens is 1. The van der Waals surface area contributed by atoms with Crippen molar-refractivity contribution in [3.8, 4) is 0 Å². The number of imide groups is 1. The average Bonchev–Trinajstić information content (AvgIpc) is 3.14. The number of hydrogen-bond donors (Lipinski definition) is 2. The Kier molecular flexibility index (Phi) is 10.3. The molecule has 9 heteroatoms. The summed E-state index contributed by atoms with van der Waals surface area (Å²) >= 11 is 6.00. The SMILES string of the molecule is CC(C)CC(C(=O)NC(CC(=O)O)c1ccc(Cl)cc1)N1C(=O)N(Cc2ccc(C=Cc3ccccc3)cc2)C(C)(C)C1=O. The van der Waals surface area contributed by atoms with E-state index >= 15 is 0 Å². The largest absolute Gasteiger partial charge is 0.481 e. The summed E-state index contributed by atoms with van der Waals surface area (Å²) in [5.41, 5.74) is 2.27. The maximum atomic E-state index is 13.9. The molecule has 0 spiro atoms. The summed E-state index contributed by atoms with van der Waals surface area (Å²) in [6.45, 7) is 7.33. The minimum Gasteiger partial charge on any atom is -0.481 e. The fourth-order valence-electron chi connectivity index (χ4n) is 5.25. The second-order valence-electron chi connectivity index (χ2n) is 11.9. The van der Waals surface area contributed by atoms with Crippen LogP contribution >= 0.6 is 11.6 Å². The predicted octanol–water partition coefficient (Wildman–Crippen LogP) is 6.80. The van der Waals surface area contributed by atoms with E-state index in [4.69, 9.17) is 11.6 Å². The minimum atomic E-state index is -1.20. The third-order valence-electron chi connectivity index (χ3n) is 7.72. The Morgan fingerprint density at radius 1 is 0.909 bits per heavy atom. The molecule has 0 aliphatic carbocycles. The van der Waals surface area contributed by atoms with Crippen LogP contribution in [-0.4, -0.2) is 50.3 Å². The van der Waals surface area contributed by atoms with E-state index in [1.54, 1.807) is 38.1 Å². The van der Waals surface area contributed by atoms with Crippen molar-refractivity contribution in [2.24, 2.45) is 5.92 Å². The first-order valence-electron chi connectivity index (χ1n) is 14.6. The monoisotopic (exact) mass is 615 g/mol. The molecule has 0 radical (unpaired) electrons. The van der Waals surface area contributed by atoms with Crippen LogP contribution in [0.25, 0.3) is 12.2 Å². The lowest BCUT2D eigenvalue weighted by Gasteiger charge is -2.29. The number of hydrogen-bond acceptors (Lipinski definition) is 4. The van der Waals surface area contributed by atoms with Gasteiger partial charge >= 0.3 is 12.0 Å². The van der Waals surface area contributed by atoms with Crippen LogP contribution in [0.3, 0.4) is 0 Å². The summed E-state index contributed by atoms with van der Waals surface area (Å²) in [4.78, 5) is 55.6. The van der Waals surface area contributed by atoms with Crippen LogP contribution in [0.5, 0.6) is 0 Å². The third-order valence-corrected chi connectivity index (χ3v) is 7.97. The highest BCUT2D eigenvalue weighted by atomic mass is 35.5. The Morgan fingerprint density at radius 2 is 1.50 bits per heavy atom. The number of carbonyl (C=O) groups is 4. The molecule has 0 bridgehead atoms. The van der Waals surface area contributed by atoms with Gasteiger partial charge in [-0.05, 0) is 60.6 Å². The molecule has 2 N–H and O–H groups in total. The molecule has 2 unspecified atom stereocenters. The van der Waals surface area contributed by atoms with Crippen LogP contribution in [0.15, 0.2) is 78.9 Å². The van der Waals surface area contributed by atoms with Crippen LogP contribution in [0.1, 0.15) is 68.8 Å². The molecular weight excluding hydrogens is 578 g/mol. The Morgan fingerprint density at radius 3 is 2.07 bits per heavy atom. The van der Waals surface area contributed by atoms with E-state index in [0.29, 0.717) is 10.6 Å². The fraction of sp³-hybridized carbons (Fsp3) is 0.314. The molecule has 1 saturated heterocycles. The number of carboxylic acid groups (broad SMARTS) is 1. The van der Waals surface area contributed by atoms with Gasteiger partial charge in [0, 0.05) is 11.6 Å². The molecule has 2 atom stereocenters. The van der Waals surface area contributed by atoms with Gasteiger partial charge in [-0.2, -0.15) is 0 Å². The molecule has 1 heterocycles. The Labute approximate surface area is 263 Å². The number of carboxylic acids is 1. The number of rotatable bonds is 12. The van der Waals surface area contributed by atoms with E-state index < -0.39 is 41.4 Å². The molecule has 230 valence electrons. The van der Waals surface area contributed by atoms with Gasteiger partial charge in [-0.15, -0.1) is 0 Å². The van der Waals surface area contributed by atoms with Gasteiger partial charge in [0.25, 0.3) is 5.91 Å². The highest BCUT2D eigenvalue weighted by Crippen LogP contribution is 2.33. The summed E-state index contributed by atoms with van der Waals surface area (Å²) in [7, 11) is 0. The Hall–Kier alpha value is -4.43. The van der Waals surface area contributed by atoms with Gasteiger partial charge < -0.3 is 15.3 Å². The second-order valence-corrected chi connectivity index (χ2v) is 12.4. The number of urea groups is 1. The zero-order valence-corrected chi connectivity index (χ0v) is 26.1. The van der Waals surface area contributed by atoms with E-state index in [1.807, 2.05) is 80.6 Å². The first-order chi connectivity index (χ1) is 20.9. The molecule has 0 saturated carbocycles. The van der Waals surface area contributed by atoms with Crippen molar-refractivity contribution in [3.63, 3.8) is 0 Å². The van der Waals surface area contributed by atoms with E-state index in [1.165, 1.54) is 4.90 Å². The van der Waals surface area contributed by atoms with Crippen LogP contribution < -0.4 is 5.32 Å². The Balaban J connectivity index is 1.55.